The fraction of sp³-hybridized carbons (Fsp3) is 0.423. The number of carbonyl (C=O) groups is 1. The minimum Gasteiger partial charge on any atom is -0.486 e. The van der Waals surface area contributed by atoms with E-state index in [4.69, 9.17) is 14.0 Å². The maximum Gasteiger partial charge on any atom is 0.308 e. The van der Waals surface area contributed by atoms with Gasteiger partial charge in [-0.15, -0.1) is 0 Å². The number of benzene rings is 2. The van der Waals surface area contributed by atoms with Crippen molar-refractivity contribution in [3.8, 4) is 23.0 Å². The number of carboxylic acids is 1. The van der Waals surface area contributed by atoms with Crippen molar-refractivity contribution in [2.24, 2.45) is 11.3 Å². The Labute approximate surface area is 204 Å². The zero-order valence-corrected chi connectivity index (χ0v) is 20.2. The van der Waals surface area contributed by atoms with Crippen LogP contribution < -0.4 is 19.7 Å². The summed E-state index contributed by atoms with van der Waals surface area (Å²) >= 11 is 0. The fourth-order valence-corrected chi connectivity index (χ4v) is 4.52. The van der Waals surface area contributed by atoms with Crippen LogP contribution in [0.1, 0.15) is 31.9 Å². The maximum absolute atomic E-state index is 11.6. The zero-order valence-electron chi connectivity index (χ0n) is 20.2. The van der Waals surface area contributed by atoms with Gasteiger partial charge in [0.2, 0.25) is 0 Å². The van der Waals surface area contributed by atoms with Crippen LogP contribution in [0.15, 0.2) is 40.9 Å². The normalized spacial score (nSPS) is 15.7. The topological polar surface area (TPSA) is 110 Å². The van der Waals surface area contributed by atoms with Crippen molar-refractivity contribution in [1.29, 1.82) is 0 Å². The van der Waals surface area contributed by atoms with E-state index in [0.29, 0.717) is 43.9 Å². The van der Waals surface area contributed by atoms with E-state index in [2.05, 4.69) is 38.6 Å². The van der Waals surface area contributed by atoms with Gasteiger partial charge in [-0.1, -0.05) is 32.9 Å². The Balaban J connectivity index is 1.26. The van der Waals surface area contributed by atoms with Crippen LogP contribution in [0.5, 0.6) is 11.5 Å². The summed E-state index contributed by atoms with van der Waals surface area (Å²) in [6.07, 6.45) is 0.872. The average molecular weight is 479 g/mol. The molecule has 9 heteroatoms. The Morgan fingerprint density at radius 1 is 1.14 bits per heavy atom. The smallest absolute Gasteiger partial charge is 0.308 e. The zero-order chi connectivity index (χ0) is 24.6. The van der Waals surface area contributed by atoms with Crippen LogP contribution in [0.2, 0.25) is 0 Å². The molecule has 184 valence electrons. The van der Waals surface area contributed by atoms with E-state index in [9.17, 15) is 9.90 Å². The Morgan fingerprint density at radius 3 is 2.71 bits per heavy atom. The molecule has 0 fully saturated rings. The highest BCUT2D eigenvalue weighted by atomic mass is 16.6. The van der Waals surface area contributed by atoms with Crippen molar-refractivity contribution >= 4 is 17.6 Å². The van der Waals surface area contributed by atoms with Crippen LogP contribution in [0, 0.1) is 11.3 Å². The number of hydrogen-bond donors (Lipinski definition) is 2. The molecule has 0 spiro atoms. The first-order valence-corrected chi connectivity index (χ1v) is 11.9. The number of ether oxygens (including phenoxy) is 2. The lowest BCUT2D eigenvalue weighted by Gasteiger charge is -2.27. The first-order chi connectivity index (χ1) is 16.8. The number of rotatable bonds is 7. The molecule has 0 amide bonds. The molecule has 2 aromatic carbocycles. The van der Waals surface area contributed by atoms with E-state index in [1.165, 1.54) is 5.56 Å². The van der Waals surface area contributed by atoms with Crippen LogP contribution in [0.3, 0.4) is 0 Å². The van der Waals surface area contributed by atoms with Gasteiger partial charge in [0.15, 0.2) is 11.5 Å². The molecule has 9 nitrogen and oxygen atoms in total. The quantitative estimate of drug-likeness (QED) is 0.520. The number of hydrogen-bond acceptors (Lipinski definition) is 8. The Kier molecular flexibility index (Phi) is 6.10. The monoisotopic (exact) mass is 478 g/mol. The lowest BCUT2D eigenvalue weighted by atomic mass is 9.80. The van der Waals surface area contributed by atoms with E-state index in [1.807, 2.05) is 39.0 Å². The molecule has 2 aliphatic rings. The summed E-state index contributed by atoms with van der Waals surface area (Å²) in [6, 6.07) is 11.9. The van der Waals surface area contributed by atoms with E-state index in [1.54, 1.807) is 0 Å². The molecule has 1 aromatic heterocycles. The van der Waals surface area contributed by atoms with Crippen molar-refractivity contribution in [3.05, 3.63) is 47.5 Å². The third-order valence-electron chi connectivity index (χ3n) is 6.51. The Bertz CT molecular complexity index is 1230. The summed E-state index contributed by atoms with van der Waals surface area (Å²) in [6.45, 7) is 8.72. The van der Waals surface area contributed by atoms with Gasteiger partial charge in [-0.2, -0.15) is 4.98 Å². The van der Waals surface area contributed by atoms with Crippen LogP contribution in [-0.2, 0) is 17.8 Å². The van der Waals surface area contributed by atoms with Gasteiger partial charge in [0.05, 0.1) is 5.92 Å². The summed E-state index contributed by atoms with van der Waals surface area (Å²) in [4.78, 5) is 18.3. The molecule has 0 aliphatic carbocycles. The van der Waals surface area contributed by atoms with Gasteiger partial charge in [0, 0.05) is 30.9 Å². The molecule has 3 heterocycles. The molecule has 2 N–H and O–H groups in total. The van der Waals surface area contributed by atoms with Crippen LogP contribution >= 0.6 is 0 Å². The molecule has 0 radical (unpaired) electrons. The summed E-state index contributed by atoms with van der Waals surface area (Å²) in [5.41, 5.74) is 3.86. The molecule has 5 rings (SSSR count). The van der Waals surface area contributed by atoms with E-state index >= 15 is 0 Å². The number of carboxylic acid groups (broad SMARTS) is 1. The number of aromatic nitrogens is 2. The lowest BCUT2D eigenvalue weighted by molar-refractivity contribution is -0.145. The SMILES string of the molecule is CC(C)(C)C(CNCc1ccc2c(c1)CCN2c1noc(-c2ccc3c(c2)OCCO3)n1)C(=O)O. The third kappa shape index (κ3) is 4.81. The third-order valence-corrected chi connectivity index (χ3v) is 6.51. The Hall–Kier alpha value is -3.59. The van der Waals surface area contributed by atoms with Crippen molar-refractivity contribution < 1.29 is 23.9 Å². The lowest BCUT2D eigenvalue weighted by Crippen LogP contribution is -2.37. The number of nitrogens with zero attached hydrogens (tertiary/aromatic N) is 3. The molecule has 0 saturated carbocycles. The number of nitrogens with one attached hydrogen (secondary N) is 1. The number of anilines is 2. The molecule has 0 saturated heterocycles. The Morgan fingerprint density at radius 2 is 1.94 bits per heavy atom. The minimum atomic E-state index is -0.773. The van der Waals surface area contributed by atoms with Crippen LogP contribution in [-0.4, -0.2) is 47.5 Å². The summed E-state index contributed by atoms with van der Waals surface area (Å²) in [5.74, 6) is 1.13. The maximum atomic E-state index is 11.6. The molecular formula is C26H30N4O5. The second-order valence-corrected chi connectivity index (χ2v) is 10.0. The minimum absolute atomic E-state index is 0.305. The summed E-state index contributed by atoms with van der Waals surface area (Å²) < 4.78 is 16.8. The molecule has 2 aliphatic heterocycles. The molecule has 1 unspecified atom stereocenters. The van der Waals surface area contributed by atoms with Crippen LogP contribution in [0.25, 0.3) is 11.5 Å². The largest absolute Gasteiger partial charge is 0.486 e. The molecule has 1 atom stereocenters. The van der Waals surface area contributed by atoms with Crippen molar-refractivity contribution in [3.63, 3.8) is 0 Å². The molecule has 35 heavy (non-hydrogen) atoms. The molecule has 0 bridgehead atoms. The first kappa shape index (κ1) is 23.2. The highest BCUT2D eigenvalue weighted by Gasteiger charge is 2.31. The van der Waals surface area contributed by atoms with Crippen molar-refractivity contribution in [1.82, 2.24) is 15.5 Å². The molecular weight excluding hydrogens is 448 g/mol. The number of aliphatic carboxylic acids is 1. The van der Waals surface area contributed by atoms with Gasteiger partial charge in [-0.25, -0.2) is 0 Å². The van der Waals surface area contributed by atoms with Gasteiger partial charge >= 0.3 is 5.97 Å². The van der Waals surface area contributed by atoms with Crippen LogP contribution in [0.4, 0.5) is 11.6 Å². The van der Waals surface area contributed by atoms with Gasteiger partial charge in [0.25, 0.3) is 11.8 Å². The number of fused-ring (bicyclic) bond motifs is 2. The highest BCUT2D eigenvalue weighted by Crippen LogP contribution is 2.37. The standard InChI is InChI=1S/C26H30N4O5/c1-26(2,3)19(24(31)32)15-27-14-16-4-6-20-17(12-16)8-9-30(20)25-28-23(35-29-25)18-5-7-21-22(13-18)34-11-10-33-21/h4-7,12-13,19,27H,8-11,14-15H2,1-3H3,(H,31,32). The van der Waals surface area contributed by atoms with E-state index < -0.39 is 11.9 Å². The second kappa shape index (κ2) is 9.22. The van der Waals surface area contributed by atoms with E-state index in [-0.39, 0.29) is 5.41 Å². The predicted octanol–water partition coefficient (Wildman–Crippen LogP) is 4.04. The van der Waals surface area contributed by atoms with E-state index in [0.717, 1.165) is 35.5 Å². The molecule has 3 aromatic rings. The van der Waals surface area contributed by atoms with Gasteiger partial charge in [-0.05, 0) is 52.4 Å². The highest BCUT2D eigenvalue weighted by molar-refractivity contribution is 5.71. The summed E-state index contributed by atoms with van der Waals surface area (Å²) in [7, 11) is 0. The van der Waals surface area contributed by atoms with Gasteiger partial charge < -0.3 is 29.3 Å². The predicted molar refractivity (Wildman–Crippen MR) is 130 cm³/mol. The second-order valence-electron chi connectivity index (χ2n) is 10.0. The fourth-order valence-electron chi connectivity index (χ4n) is 4.52. The summed E-state index contributed by atoms with van der Waals surface area (Å²) in [5, 5.41) is 17.1. The van der Waals surface area contributed by atoms with Crippen molar-refractivity contribution in [2.75, 3.05) is 31.2 Å². The van der Waals surface area contributed by atoms with Gasteiger partial charge in [0.1, 0.15) is 13.2 Å². The van der Waals surface area contributed by atoms with Crippen molar-refractivity contribution in [2.45, 2.75) is 33.7 Å². The van der Waals surface area contributed by atoms with Gasteiger partial charge in [-0.3, -0.25) is 4.79 Å². The first-order valence-electron chi connectivity index (χ1n) is 11.9. The average Bonchev–Trinajstić information content (AvgIpc) is 3.47.